The van der Waals surface area contributed by atoms with Gasteiger partial charge in [-0.25, -0.2) is 0 Å². The highest BCUT2D eigenvalue weighted by Crippen LogP contribution is 2.28. The molecule has 0 bridgehead atoms. The minimum atomic E-state index is -0.256. The average molecular weight is 360 g/mol. The number of likely N-dealkylation sites (N-methyl/N-ethyl adjacent to an activating group) is 1. The number of amides is 2. The fourth-order valence-corrected chi connectivity index (χ4v) is 3.83. The van der Waals surface area contributed by atoms with Crippen molar-refractivity contribution in [2.45, 2.75) is 25.4 Å². The second-order valence-corrected chi connectivity index (χ2v) is 7.11. The van der Waals surface area contributed by atoms with Crippen molar-refractivity contribution in [1.82, 2.24) is 9.80 Å². The van der Waals surface area contributed by atoms with Gasteiger partial charge in [0.1, 0.15) is 6.10 Å². The van der Waals surface area contributed by atoms with Crippen molar-refractivity contribution in [2.24, 2.45) is 5.92 Å². The van der Waals surface area contributed by atoms with Gasteiger partial charge in [-0.3, -0.25) is 9.59 Å². The summed E-state index contributed by atoms with van der Waals surface area (Å²) < 4.78 is 10.9. The van der Waals surface area contributed by atoms with Gasteiger partial charge in [0.15, 0.2) is 0 Å². The number of benzene rings is 1. The molecule has 2 atom stereocenters. The number of ether oxygens (including phenoxy) is 2. The van der Waals surface area contributed by atoms with Crippen LogP contribution >= 0.6 is 0 Å². The summed E-state index contributed by atoms with van der Waals surface area (Å²) in [4.78, 5) is 28.5. The van der Waals surface area contributed by atoms with Crippen molar-refractivity contribution in [1.29, 1.82) is 0 Å². The first-order valence-electron chi connectivity index (χ1n) is 9.31. The lowest BCUT2D eigenvalue weighted by Crippen LogP contribution is -2.38. The maximum Gasteiger partial charge on any atom is 0.227 e. The van der Waals surface area contributed by atoms with Gasteiger partial charge in [0.25, 0.3) is 0 Å². The molecule has 0 aromatic heterocycles. The van der Waals surface area contributed by atoms with E-state index in [-0.39, 0.29) is 23.8 Å². The van der Waals surface area contributed by atoms with Crippen molar-refractivity contribution in [3.8, 4) is 0 Å². The molecule has 0 spiro atoms. The van der Waals surface area contributed by atoms with E-state index in [4.69, 9.17) is 9.47 Å². The molecular weight excluding hydrogens is 332 g/mol. The summed E-state index contributed by atoms with van der Waals surface area (Å²) in [5.74, 6) is -0.166. The van der Waals surface area contributed by atoms with Gasteiger partial charge >= 0.3 is 0 Å². The molecule has 1 fully saturated rings. The maximum absolute atomic E-state index is 12.8. The quantitative estimate of drug-likeness (QED) is 0.694. The molecule has 26 heavy (non-hydrogen) atoms. The van der Waals surface area contributed by atoms with Crippen LogP contribution in [0.2, 0.25) is 0 Å². The van der Waals surface area contributed by atoms with Gasteiger partial charge in [0, 0.05) is 40.3 Å². The van der Waals surface area contributed by atoms with Crippen LogP contribution in [-0.2, 0) is 25.5 Å². The maximum atomic E-state index is 12.8. The van der Waals surface area contributed by atoms with E-state index >= 15 is 0 Å². The third kappa shape index (κ3) is 4.24. The van der Waals surface area contributed by atoms with Crippen LogP contribution in [0, 0.1) is 5.92 Å². The second-order valence-electron chi connectivity index (χ2n) is 7.11. The van der Waals surface area contributed by atoms with E-state index < -0.39 is 0 Å². The Morgan fingerprint density at radius 3 is 3.00 bits per heavy atom. The van der Waals surface area contributed by atoms with Crippen LogP contribution in [0.4, 0.5) is 0 Å². The fourth-order valence-electron chi connectivity index (χ4n) is 3.83. The molecule has 142 valence electrons. The number of carbonyl (C=O) groups excluding carboxylic acids is 2. The zero-order valence-electron chi connectivity index (χ0n) is 15.6. The average Bonchev–Trinajstić information content (AvgIpc) is 3.02. The van der Waals surface area contributed by atoms with Gasteiger partial charge in [-0.2, -0.15) is 0 Å². The minimum Gasteiger partial charge on any atom is -0.385 e. The molecule has 0 saturated carbocycles. The molecular formula is C20H28N2O4. The van der Waals surface area contributed by atoms with E-state index in [9.17, 15) is 9.59 Å². The number of rotatable bonds is 7. The second kappa shape index (κ2) is 8.64. The van der Waals surface area contributed by atoms with Crippen LogP contribution in [0.5, 0.6) is 0 Å². The Kier molecular flexibility index (Phi) is 6.27. The normalized spacial score (nSPS) is 22.4. The standard InChI is InChI=1S/C20H28N2O4/c1-21(14-18-17-7-4-3-6-15(17)8-11-26-18)20(24)16-12-19(23)22(13-16)9-5-10-25-2/h3-4,6-7,16,18H,5,8-14H2,1-2H3/t16-,18+/m1/s1. The highest BCUT2D eigenvalue weighted by atomic mass is 16.5. The van der Waals surface area contributed by atoms with Crippen LogP contribution in [0.15, 0.2) is 24.3 Å². The topological polar surface area (TPSA) is 59.1 Å². The zero-order valence-corrected chi connectivity index (χ0v) is 15.6. The third-order valence-corrected chi connectivity index (χ3v) is 5.25. The number of nitrogens with zero attached hydrogens (tertiary/aromatic N) is 2. The highest BCUT2D eigenvalue weighted by molar-refractivity contribution is 5.89. The molecule has 0 radical (unpaired) electrons. The lowest BCUT2D eigenvalue weighted by atomic mass is 9.97. The predicted octanol–water partition coefficient (Wildman–Crippen LogP) is 1.64. The summed E-state index contributed by atoms with van der Waals surface area (Å²) in [5, 5.41) is 0. The van der Waals surface area contributed by atoms with E-state index in [0.717, 1.165) is 12.8 Å². The molecule has 2 aliphatic rings. The Hall–Kier alpha value is -1.92. The Morgan fingerprint density at radius 1 is 1.38 bits per heavy atom. The summed E-state index contributed by atoms with van der Waals surface area (Å²) in [6.45, 7) is 2.98. The molecule has 1 aromatic carbocycles. The number of likely N-dealkylation sites (tertiary alicyclic amines) is 1. The summed E-state index contributed by atoms with van der Waals surface area (Å²) >= 11 is 0. The van der Waals surface area contributed by atoms with Crippen molar-refractivity contribution >= 4 is 11.8 Å². The predicted molar refractivity (Wildman–Crippen MR) is 97.7 cm³/mol. The molecule has 2 aliphatic heterocycles. The van der Waals surface area contributed by atoms with Crippen molar-refractivity contribution < 1.29 is 19.1 Å². The Morgan fingerprint density at radius 2 is 2.19 bits per heavy atom. The minimum absolute atomic E-state index is 0.0271. The van der Waals surface area contributed by atoms with Crippen LogP contribution in [-0.4, -0.2) is 68.6 Å². The first-order chi connectivity index (χ1) is 12.6. The lowest BCUT2D eigenvalue weighted by Gasteiger charge is -2.30. The summed E-state index contributed by atoms with van der Waals surface area (Å²) in [6, 6.07) is 8.25. The van der Waals surface area contributed by atoms with E-state index in [1.54, 1.807) is 24.0 Å². The van der Waals surface area contributed by atoms with Crippen LogP contribution in [0.3, 0.4) is 0 Å². The number of methoxy groups -OCH3 is 1. The first-order valence-corrected chi connectivity index (χ1v) is 9.31. The molecule has 1 aromatic rings. The van der Waals surface area contributed by atoms with E-state index in [1.165, 1.54) is 11.1 Å². The smallest absolute Gasteiger partial charge is 0.227 e. The Balaban J connectivity index is 1.56. The van der Waals surface area contributed by atoms with Crippen molar-refractivity contribution in [2.75, 3.05) is 47.0 Å². The van der Waals surface area contributed by atoms with Gasteiger partial charge in [-0.15, -0.1) is 0 Å². The van der Waals surface area contributed by atoms with Gasteiger partial charge < -0.3 is 19.3 Å². The fraction of sp³-hybridized carbons (Fsp3) is 0.600. The Labute approximate surface area is 155 Å². The largest absolute Gasteiger partial charge is 0.385 e. The van der Waals surface area contributed by atoms with Gasteiger partial charge in [-0.1, -0.05) is 24.3 Å². The molecule has 0 aliphatic carbocycles. The van der Waals surface area contributed by atoms with E-state index in [2.05, 4.69) is 12.1 Å². The highest BCUT2D eigenvalue weighted by Gasteiger charge is 2.36. The third-order valence-electron chi connectivity index (χ3n) is 5.25. The van der Waals surface area contributed by atoms with Crippen LogP contribution < -0.4 is 0 Å². The molecule has 1 saturated heterocycles. The van der Waals surface area contributed by atoms with Crippen molar-refractivity contribution in [3.63, 3.8) is 0 Å². The molecule has 0 unspecified atom stereocenters. The zero-order chi connectivity index (χ0) is 18.5. The number of carbonyl (C=O) groups is 2. The summed E-state index contributed by atoms with van der Waals surface area (Å²) in [5.41, 5.74) is 2.46. The summed E-state index contributed by atoms with van der Waals surface area (Å²) in [7, 11) is 3.46. The summed E-state index contributed by atoms with van der Waals surface area (Å²) in [6.07, 6.45) is 1.92. The van der Waals surface area contributed by atoms with E-state index in [1.807, 2.05) is 12.1 Å². The molecule has 0 N–H and O–H groups in total. The molecule has 3 rings (SSSR count). The molecule has 2 heterocycles. The van der Waals surface area contributed by atoms with Crippen molar-refractivity contribution in [3.05, 3.63) is 35.4 Å². The lowest BCUT2D eigenvalue weighted by molar-refractivity contribution is -0.136. The monoisotopic (exact) mass is 360 g/mol. The number of hydrogen-bond acceptors (Lipinski definition) is 4. The van der Waals surface area contributed by atoms with Crippen LogP contribution in [0.25, 0.3) is 0 Å². The number of hydrogen-bond donors (Lipinski definition) is 0. The van der Waals surface area contributed by atoms with E-state index in [0.29, 0.717) is 39.3 Å². The van der Waals surface area contributed by atoms with Crippen LogP contribution in [0.1, 0.15) is 30.1 Å². The van der Waals surface area contributed by atoms with Gasteiger partial charge in [-0.05, 0) is 24.0 Å². The molecule has 6 nitrogen and oxygen atoms in total. The van der Waals surface area contributed by atoms with Gasteiger partial charge in [0.2, 0.25) is 11.8 Å². The molecule has 6 heteroatoms. The Bertz CT molecular complexity index is 648. The van der Waals surface area contributed by atoms with Gasteiger partial charge in [0.05, 0.1) is 19.1 Å². The molecule has 2 amide bonds. The first kappa shape index (κ1) is 18.9. The number of fused-ring (bicyclic) bond motifs is 1. The SMILES string of the molecule is COCCCN1C[C@H](C(=O)N(C)C[C@@H]2OCCc3ccccc32)CC1=O.